The molecule has 150 valence electrons. The molecule has 1 aromatic heterocycles. The third kappa shape index (κ3) is 6.47. The number of thioether (sulfide) groups is 1. The normalized spacial score (nSPS) is 10.6. The Labute approximate surface area is 180 Å². The summed E-state index contributed by atoms with van der Waals surface area (Å²) in [4.78, 5) is 23.8. The maximum atomic E-state index is 13.5. The molecule has 0 bridgehead atoms. The molecule has 3 rings (SSSR count). The summed E-state index contributed by atoms with van der Waals surface area (Å²) in [7, 11) is 0. The molecular weight excluding hydrogens is 459 g/mol. The molecule has 29 heavy (non-hydrogen) atoms. The number of carbonyl (C=O) groups is 2. The highest BCUT2D eigenvalue weighted by Gasteiger charge is 2.10. The fraction of sp³-hybridized carbons (Fsp3) is 0.143. The number of hydrogen-bond donors (Lipinski definition) is 2. The van der Waals surface area contributed by atoms with Gasteiger partial charge in [0.2, 0.25) is 11.8 Å². The van der Waals surface area contributed by atoms with Gasteiger partial charge < -0.3 is 15.1 Å². The van der Waals surface area contributed by atoms with E-state index in [1.54, 1.807) is 12.1 Å². The van der Waals surface area contributed by atoms with E-state index < -0.39 is 5.82 Å². The van der Waals surface area contributed by atoms with Crippen molar-refractivity contribution in [3.8, 4) is 11.3 Å². The number of anilines is 1. The molecule has 2 N–H and O–H groups in total. The SMILES string of the molecule is O=C(CSCC(=O)Nc1ccccc1F)NCc1ccc(-c2ccc(Br)cc2)o1. The van der Waals surface area contributed by atoms with Gasteiger partial charge in [0.15, 0.2) is 0 Å². The Hall–Kier alpha value is -2.58. The van der Waals surface area contributed by atoms with Crippen LogP contribution in [0.1, 0.15) is 5.76 Å². The first-order valence-electron chi connectivity index (χ1n) is 8.75. The average Bonchev–Trinajstić information content (AvgIpc) is 3.18. The van der Waals surface area contributed by atoms with E-state index in [-0.39, 0.29) is 35.6 Å². The third-order valence-electron chi connectivity index (χ3n) is 3.86. The van der Waals surface area contributed by atoms with Crippen LogP contribution in [0.15, 0.2) is 69.6 Å². The van der Waals surface area contributed by atoms with Crippen LogP contribution in [-0.2, 0) is 16.1 Å². The summed E-state index contributed by atoms with van der Waals surface area (Å²) in [5, 5.41) is 5.23. The molecule has 0 aliphatic rings. The standard InChI is InChI=1S/C21H18BrFN2O3S/c22-15-7-5-14(6-8-15)19-10-9-16(28-19)11-24-20(26)12-29-13-21(27)25-18-4-2-1-3-17(18)23/h1-10H,11-13H2,(H,24,26)(H,25,27). The zero-order valence-electron chi connectivity index (χ0n) is 15.3. The number of amides is 2. The van der Waals surface area contributed by atoms with Crippen molar-refractivity contribution in [2.24, 2.45) is 0 Å². The molecule has 2 aromatic carbocycles. The van der Waals surface area contributed by atoms with Gasteiger partial charge in [0.25, 0.3) is 0 Å². The van der Waals surface area contributed by atoms with Crippen LogP contribution in [0.3, 0.4) is 0 Å². The van der Waals surface area contributed by atoms with Gasteiger partial charge in [-0.2, -0.15) is 0 Å². The lowest BCUT2D eigenvalue weighted by atomic mass is 10.2. The summed E-state index contributed by atoms with van der Waals surface area (Å²) < 4.78 is 20.2. The second-order valence-electron chi connectivity index (χ2n) is 6.07. The molecule has 0 radical (unpaired) electrons. The van der Waals surface area contributed by atoms with E-state index in [2.05, 4.69) is 26.6 Å². The number of carbonyl (C=O) groups excluding carboxylic acids is 2. The Bertz CT molecular complexity index is 992. The Kier molecular flexibility index (Phi) is 7.48. The summed E-state index contributed by atoms with van der Waals surface area (Å²) in [6.07, 6.45) is 0. The number of nitrogens with one attached hydrogen (secondary N) is 2. The summed E-state index contributed by atoms with van der Waals surface area (Å²) >= 11 is 4.54. The van der Waals surface area contributed by atoms with Crippen LogP contribution < -0.4 is 10.6 Å². The smallest absolute Gasteiger partial charge is 0.234 e. The molecule has 0 saturated carbocycles. The van der Waals surface area contributed by atoms with Crippen molar-refractivity contribution in [2.45, 2.75) is 6.54 Å². The predicted octanol–water partition coefficient (Wildman–Crippen LogP) is 4.84. The first-order valence-corrected chi connectivity index (χ1v) is 10.7. The van der Waals surface area contributed by atoms with Crippen molar-refractivity contribution in [3.05, 3.63) is 76.7 Å². The fourth-order valence-electron chi connectivity index (χ4n) is 2.46. The van der Waals surface area contributed by atoms with Crippen molar-refractivity contribution in [2.75, 3.05) is 16.8 Å². The minimum Gasteiger partial charge on any atom is -0.459 e. The van der Waals surface area contributed by atoms with Gasteiger partial charge in [-0.05, 0) is 36.4 Å². The van der Waals surface area contributed by atoms with E-state index in [1.807, 2.05) is 36.4 Å². The highest BCUT2D eigenvalue weighted by atomic mass is 79.9. The molecule has 0 saturated heterocycles. The third-order valence-corrected chi connectivity index (χ3v) is 5.33. The molecule has 5 nitrogen and oxygen atoms in total. The molecule has 1 heterocycles. The summed E-state index contributed by atoms with van der Waals surface area (Å²) in [6, 6.07) is 17.3. The van der Waals surface area contributed by atoms with Crippen LogP contribution in [0.5, 0.6) is 0 Å². The van der Waals surface area contributed by atoms with E-state index in [0.29, 0.717) is 5.76 Å². The summed E-state index contributed by atoms with van der Waals surface area (Å²) in [5.41, 5.74) is 1.07. The first kappa shape index (κ1) is 21.1. The van der Waals surface area contributed by atoms with Gasteiger partial charge in [-0.1, -0.05) is 40.2 Å². The van der Waals surface area contributed by atoms with Crippen molar-refractivity contribution >= 4 is 45.2 Å². The van der Waals surface area contributed by atoms with Crippen LogP contribution in [0, 0.1) is 5.82 Å². The minimum atomic E-state index is -0.496. The molecular formula is C21H18BrFN2O3S. The van der Waals surface area contributed by atoms with Crippen LogP contribution in [0.25, 0.3) is 11.3 Å². The van der Waals surface area contributed by atoms with E-state index in [4.69, 9.17) is 4.42 Å². The molecule has 2 amide bonds. The van der Waals surface area contributed by atoms with Crippen LogP contribution in [-0.4, -0.2) is 23.3 Å². The van der Waals surface area contributed by atoms with Gasteiger partial charge in [0.05, 0.1) is 23.7 Å². The van der Waals surface area contributed by atoms with Crippen molar-refractivity contribution in [1.29, 1.82) is 0 Å². The van der Waals surface area contributed by atoms with Crippen molar-refractivity contribution < 1.29 is 18.4 Å². The zero-order valence-corrected chi connectivity index (χ0v) is 17.7. The zero-order chi connectivity index (χ0) is 20.6. The minimum absolute atomic E-state index is 0.0518. The molecule has 0 aliphatic carbocycles. The largest absolute Gasteiger partial charge is 0.459 e. The lowest BCUT2D eigenvalue weighted by Gasteiger charge is -2.06. The van der Waals surface area contributed by atoms with Gasteiger partial charge in [0, 0.05) is 10.0 Å². The lowest BCUT2D eigenvalue weighted by molar-refractivity contribution is -0.118. The van der Waals surface area contributed by atoms with E-state index >= 15 is 0 Å². The number of hydrogen-bond acceptors (Lipinski definition) is 4. The van der Waals surface area contributed by atoms with E-state index in [1.165, 1.54) is 12.1 Å². The maximum Gasteiger partial charge on any atom is 0.234 e. The second kappa shape index (κ2) is 10.3. The van der Waals surface area contributed by atoms with E-state index in [9.17, 15) is 14.0 Å². The molecule has 0 unspecified atom stereocenters. The molecule has 3 aromatic rings. The highest BCUT2D eigenvalue weighted by molar-refractivity contribution is 9.10. The Morgan fingerprint density at radius 2 is 1.69 bits per heavy atom. The number of para-hydroxylation sites is 1. The Morgan fingerprint density at radius 1 is 0.966 bits per heavy atom. The number of furan rings is 1. The summed E-state index contributed by atoms with van der Waals surface area (Å²) in [6.45, 7) is 0.261. The molecule has 8 heteroatoms. The van der Waals surface area contributed by atoms with Crippen LogP contribution in [0.2, 0.25) is 0 Å². The molecule has 0 fully saturated rings. The maximum absolute atomic E-state index is 13.5. The fourth-order valence-corrected chi connectivity index (χ4v) is 3.38. The molecule has 0 spiro atoms. The summed E-state index contributed by atoms with van der Waals surface area (Å²) in [5.74, 6) is 0.457. The lowest BCUT2D eigenvalue weighted by Crippen LogP contribution is -2.25. The van der Waals surface area contributed by atoms with Gasteiger partial charge >= 0.3 is 0 Å². The Morgan fingerprint density at radius 3 is 2.45 bits per heavy atom. The average molecular weight is 477 g/mol. The van der Waals surface area contributed by atoms with Gasteiger partial charge in [-0.15, -0.1) is 11.8 Å². The molecule has 0 aliphatic heterocycles. The van der Waals surface area contributed by atoms with Gasteiger partial charge in [-0.25, -0.2) is 4.39 Å². The highest BCUT2D eigenvalue weighted by Crippen LogP contribution is 2.24. The van der Waals surface area contributed by atoms with Crippen molar-refractivity contribution in [3.63, 3.8) is 0 Å². The van der Waals surface area contributed by atoms with Crippen molar-refractivity contribution in [1.82, 2.24) is 5.32 Å². The first-order chi connectivity index (χ1) is 14.0. The van der Waals surface area contributed by atoms with Gasteiger partial charge in [-0.3, -0.25) is 9.59 Å². The number of rotatable bonds is 8. The van der Waals surface area contributed by atoms with Crippen LogP contribution in [0.4, 0.5) is 10.1 Å². The molecule has 0 atom stereocenters. The quantitative estimate of drug-likeness (QED) is 0.488. The predicted molar refractivity (Wildman–Crippen MR) is 116 cm³/mol. The number of halogens is 2. The number of benzene rings is 2. The van der Waals surface area contributed by atoms with E-state index in [0.717, 1.165) is 27.6 Å². The second-order valence-corrected chi connectivity index (χ2v) is 7.97. The monoisotopic (exact) mass is 476 g/mol. The topological polar surface area (TPSA) is 71.3 Å². The van der Waals surface area contributed by atoms with Gasteiger partial charge in [0.1, 0.15) is 17.3 Å². The Balaban J connectivity index is 1.38. The van der Waals surface area contributed by atoms with Crippen LogP contribution >= 0.6 is 27.7 Å².